The maximum Gasteiger partial charge on any atom is 0.341 e. The van der Waals surface area contributed by atoms with E-state index in [9.17, 15) is 9.59 Å². The molecule has 0 radical (unpaired) electrons. The lowest BCUT2D eigenvalue weighted by atomic mass is 10.1. The normalized spacial score (nSPS) is 11.9. The number of thiophene rings is 1. The lowest BCUT2D eigenvalue weighted by molar-refractivity contribution is -0.113. The molecule has 0 aliphatic heterocycles. The molecule has 1 amide bonds. The van der Waals surface area contributed by atoms with Gasteiger partial charge in [-0.1, -0.05) is 36.4 Å². The lowest BCUT2D eigenvalue weighted by Gasteiger charge is -2.17. The van der Waals surface area contributed by atoms with Crippen LogP contribution in [0.25, 0.3) is 0 Å². The molecule has 1 unspecified atom stereocenters. The van der Waals surface area contributed by atoms with Gasteiger partial charge in [-0.2, -0.15) is 0 Å². The molecule has 0 aliphatic carbocycles. The molecule has 0 saturated heterocycles. The molecule has 0 fully saturated rings. The van der Waals surface area contributed by atoms with Gasteiger partial charge in [-0.3, -0.25) is 4.79 Å². The molecule has 0 aliphatic rings. The molecule has 0 spiro atoms. The molecule has 188 valence electrons. The fourth-order valence-electron chi connectivity index (χ4n) is 3.88. The van der Waals surface area contributed by atoms with E-state index in [1.807, 2.05) is 58.2 Å². The summed E-state index contributed by atoms with van der Waals surface area (Å²) in [6.07, 6.45) is 0.374. The first-order chi connectivity index (χ1) is 16.7. The Kier molecular flexibility index (Phi) is 8.96. The number of rotatable bonds is 10. The van der Waals surface area contributed by atoms with Crippen molar-refractivity contribution in [3.05, 3.63) is 51.2 Å². The Morgan fingerprint density at radius 1 is 1.20 bits per heavy atom. The second-order valence-corrected chi connectivity index (χ2v) is 10.3. The Labute approximate surface area is 214 Å². The van der Waals surface area contributed by atoms with Crippen LogP contribution in [0.2, 0.25) is 0 Å². The minimum atomic E-state index is -0.442. The third-order valence-corrected chi connectivity index (χ3v) is 7.63. The number of benzene rings is 1. The van der Waals surface area contributed by atoms with Crippen molar-refractivity contribution in [3.8, 4) is 5.75 Å². The topological polar surface area (TPSA) is 95.3 Å². The van der Waals surface area contributed by atoms with Crippen molar-refractivity contribution in [2.45, 2.75) is 65.8 Å². The first-order valence-corrected chi connectivity index (χ1v) is 13.3. The quantitative estimate of drug-likeness (QED) is 0.281. The van der Waals surface area contributed by atoms with Crippen LogP contribution in [-0.2, 0) is 22.5 Å². The van der Waals surface area contributed by atoms with Crippen molar-refractivity contribution in [1.29, 1.82) is 0 Å². The molecule has 8 nitrogen and oxygen atoms in total. The van der Waals surface area contributed by atoms with Gasteiger partial charge >= 0.3 is 5.97 Å². The summed E-state index contributed by atoms with van der Waals surface area (Å²) < 4.78 is 13.1. The first kappa shape index (κ1) is 26.7. The Hall–Kier alpha value is -2.85. The van der Waals surface area contributed by atoms with E-state index in [0.29, 0.717) is 34.5 Å². The third kappa shape index (κ3) is 6.05. The number of esters is 1. The summed E-state index contributed by atoms with van der Waals surface area (Å²) in [6, 6.07) is 6.06. The molecule has 1 N–H and O–H groups in total. The number of methoxy groups -OCH3 is 1. The molecule has 35 heavy (non-hydrogen) atoms. The van der Waals surface area contributed by atoms with E-state index >= 15 is 0 Å². The zero-order valence-corrected chi connectivity index (χ0v) is 22.9. The number of aryl methyl sites for hydroxylation is 3. The van der Waals surface area contributed by atoms with Crippen LogP contribution in [0.5, 0.6) is 5.75 Å². The summed E-state index contributed by atoms with van der Waals surface area (Å²) in [6.45, 7) is 12.6. The van der Waals surface area contributed by atoms with Crippen molar-refractivity contribution in [1.82, 2.24) is 14.8 Å². The monoisotopic (exact) mass is 516 g/mol. The molecular weight excluding hydrogens is 484 g/mol. The molecule has 2 heterocycles. The maximum atomic E-state index is 12.7. The Balaban J connectivity index is 1.70. The standard InChI is InChI=1S/C25H32N4O4S2/c1-8-18-17(6)35-23(21(18)24(31)32-7)26-20(30)13-34-25-28-27-22(29(25)9-2)16(5)33-19-11-10-14(3)12-15(19)4/h10-12,16H,8-9,13H2,1-7H3,(H,26,30). The summed E-state index contributed by atoms with van der Waals surface area (Å²) >= 11 is 2.68. The molecule has 3 rings (SSSR count). The Morgan fingerprint density at radius 2 is 1.94 bits per heavy atom. The van der Waals surface area contributed by atoms with E-state index in [1.165, 1.54) is 35.8 Å². The van der Waals surface area contributed by atoms with Crippen LogP contribution in [0, 0.1) is 20.8 Å². The average molecular weight is 517 g/mol. The number of anilines is 1. The number of carbonyl (C=O) groups is 2. The highest BCUT2D eigenvalue weighted by Gasteiger charge is 2.24. The van der Waals surface area contributed by atoms with Gasteiger partial charge in [-0.15, -0.1) is 21.5 Å². The largest absolute Gasteiger partial charge is 0.482 e. The van der Waals surface area contributed by atoms with Gasteiger partial charge < -0.3 is 19.4 Å². The number of carbonyl (C=O) groups excluding carboxylic acids is 2. The fraction of sp³-hybridized carbons (Fsp3) is 0.440. The van der Waals surface area contributed by atoms with Crippen LogP contribution in [-0.4, -0.2) is 39.5 Å². The minimum absolute atomic E-state index is 0.128. The van der Waals surface area contributed by atoms with Gasteiger partial charge in [-0.05, 0) is 58.2 Å². The number of nitrogens with one attached hydrogen (secondary N) is 1. The summed E-state index contributed by atoms with van der Waals surface area (Å²) in [4.78, 5) is 26.0. The van der Waals surface area contributed by atoms with E-state index in [4.69, 9.17) is 9.47 Å². The van der Waals surface area contributed by atoms with E-state index in [0.717, 1.165) is 21.8 Å². The van der Waals surface area contributed by atoms with Gasteiger partial charge in [0.25, 0.3) is 0 Å². The molecule has 10 heteroatoms. The highest BCUT2D eigenvalue weighted by molar-refractivity contribution is 7.99. The summed E-state index contributed by atoms with van der Waals surface area (Å²) in [5.74, 6) is 0.966. The summed E-state index contributed by atoms with van der Waals surface area (Å²) in [5, 5.41) is 12.7. The van der Waals surface area contributed by atoms with Crippen molar-refractivity contribution >= 4 is 40.0 Å². The van der Waals surface area contributed by atoms with Crippen LogP contribution in [0.3, 0.4) is 0 Å². The molecular formula is C25H32N4O4S2. The number of hydrogen-bond acceptors (Lipinski definition) is 8. The van der Waals surface area contributed by atoms with Gasteiger partial charge in [0.2, 0.25) is 5.91 Å². The Bertz CT molecular complexity index is 1220. The number of aromatic nitrogens is 3. The third-order valence-electron chi connectivity index (χ3n) is 5.60. The smallest absolute Gasteiger partial charge is 0.341 e. The number of ether oxygens (including phenoxy) is 2. The van der Waals surface area contributed by atoms with Gasteiger partial charge in [0.15, 0.2) is 17.1 Å². The Morgan fingerprint density at radius 3 is 2.57 bits per heavy atom. The van der Waals surface area contributed by atoms with Crippen molar-refractivity contribution in [2.75, 3.05) is 18.2 Å². The van der Waals surface area contributed by atoms with Gasteiger partial charge in [-0.25, -0.2) is 4.79 Å². The summed E-state index contributed by atoms with van der Waals surface area (Å²) in [7, 11) is 1.34. The molecule has 0 bridgehead atoms. The van der Waals surface area contributed by atoms with Crippen LogP contribution in [0.15, 0.2) is 23.4 Å². The summed E-state index contributed by atoms with van der Waals surface area (Å²) in [5.41, 5.74) is 3.58. The van der Waals surface area contributed by atoms with E-state index in [-0.39, 0.29) is 17.8 Å². The molecule has 1 aromatic carbocycles. The van der Waals surface area contributed by atoms with Crippen LogP contribution in [0.4, 0.5) is 5.00 Å². The zero-order chi connectivity index (χ0) is 25.7. The number of nitrogens with zero attached hydrogens (tertiary/aromatic N) is 3. The van der Waals surface area contributed by atoms with Gasteiger partial charge in [0.1, 0.15) is 10.8 Å². The molecule has 3 aromatic rings. The number of hydrogen-bond donors (Lipinski definition) is 1. The van der Waals surface area contributed by atoms with Crippen LogP contribution < -0.4 is 10.1 Å². The highest BCUT2D eigenvalue weighted by atomic mass is 32.2. The predicted octanol–water partition coefficient (Wildman–Crippen LogP) is 5.50. The maximum absolute atomic E-state index is 12.7. The van der Waals surface area contributed by atoms with E-state index < -0.39 is 5.97 Å². The molecule has 2 aromatic heterocycles. The van der Waals surface area contributed by atoms with Crippen LogP contribution >= 0.6 is 23.1 Å². The van der Waals surface area contributed by atoms with Gasteiger partial charge in [0.05, 0.1) is 18.4 Å². The molecule has 0 saturated carbocycles. The predicted molar refractivity (Wildman–Crippen MR) is 140 cm³/mol. The average Bonchev–Trinajstić information content (AvgIpc) is 3.38. The zero-order valence-electron chi connectivity index (χ0n) is 21.2. The van der Waals surface area contributed by atoms with Crippen molar-refractivity contribution < 1.29 is 19.1 Å². The minimum Gasteiger partial charge on any atom is -0.482 e. The number of thioether (sulfide) groups is 1. The molecule has 1 atom stereocenters. The van der Waals surface area contributed by atoms with Gasteiger partial charge in [0, 0.05) is 11.4 Å². The van der Waals surface area contributed by atoms with E-state index in [2.05, 4.69) is 21.6 Å². The van der Waals surface area contributed by atoms with E-state index in [1.54, 1.807) is 0 Å². The lowest BCUT2D eigenvalue weighted by Crippen LogP contribution is -2.17. The van der Waals surface area contributed by atoms with Crippen molar-refractivity contribution in [2.24, 2.45) is 0 Å². The van der Waals surface area contributed by atoms with Crippen molar-refractivity contribution in [3.63, 3.8) is 0 Å². The van der Waals surface area contributed by atoms with Crippen LogP contribution in [0.1, 0.15) is 64.6 Å². The fourth-order valence-corrected chi connectivity index (χ4v) is 5.84. The second-order valence-electron chi connectivity index (χ2n) is 8.14. The number of amides is 1. The first-order valence-electron chi connectivity index (χ1n) is 11.5. The highest BCUT2D eigenvalue weighted by Crippen LogP contribution is 2.34. The SMILES string of the molecule is CCc1c(C)sc(NC(=O)CSc2nnc(C(C)Oc3ccc(C)cc3C)n2CC)c1C(=O)OC. The second kappa shape index (κ2) is 11.7.